The van der Waals surface area contributed by atoms with Crippen LogP contribution in [0.25, 0.3) is 33.6 Å². The van der Waals surface area contributed by atoms with E-state index in [0.29, 0.717) is 11.4 Å². The van der Waals surface area contributed by atoms with Crippen molar-refractivity contribution in [1.82, 2.24) is 9.97 Å². The van der Waals surface area contributed by atoms with E-state index in [1.165, 1.54) is 0 Å². The summed E-state index contributed by atoms with van der Waals surface area (Å²) in [6, 6.07) is 20.8. The minimum atomic E-state index is -0.956. The number of rotatable bonds is 5. The number of aromatic carboxylic acids is 2. The van der Waals surface area contributed by atoms with Gasteiger partial charge < -0.3 is 10.2 Å². The number of carboxylic acid groups (broad SMARTS) is 2. The lowest BCUT2D eigenvalue weighted by molar-refractivity contribution is 0.0686. The molecule has 2 aromatic carbocycles. The van der Waals surface area contributed by atoms with Gasteiger partial charge in [0.05, 0.1) is 22.5 Å². The molecule has 4 rings (SSSR count). The van der Waals surface area contributed by atoms with Crippen molar-refractivity contribution in [3.63, 3.8) is 0 Å². The Morgan fingerprint density at radius 3 is 1.10 bits per heavy atom. The molecule has 0 fully saturated rings. The first-order valence-electron chi connectivity index (χ1n) is 9.11. The van der Waals surface area contributed by atoms with Gasteiger partial charge in [-0.25, -0.2) is 9.59 Å². The van der Waals surface area contributed by atoms with Crippen LogP contribution in [0.4, 0.5) is 0 Å². The summed E-state index contributed by atoms with van der Waals surface area (Å²) in [6.45, 7) is 0. The summed E-state index contributed by atoms with van der Waals surface area (Å²) in [5.74, 6) is -1.91. The van der Waals surface area contributed by atoms with Crippen LogP contribution in [0.5, 0.6) is 0 Å². The first kappa shape index (κ1) is 19.0. The molecule has 0 aliphatic rings. The molecular weight excluding hydrogens is 380 g/mol. The normalized spacial score (nSPS) is 10.5. The quantitative estimate of drug-likeness (QED) is 0.499. The molecule has 2 heterocycles. The minimum absolute atomic E-state index is 0.241. The monoisotopic (exact) mass is 396 g/mol. The lowest BCUT2D eigenvalue weighted by atomic mass is 10.0. The maximum absolute atomic E-state index is 11.0. The third-order valence-electron chi connectivity index (χ3n) is 4.72. The van der Waals surface area contributed by atoms with Crippen LogP contribution in [0.15, 0.2) is 85.2 Å². The standard InChI is InChI=1S/C24H16N2O4/c27-23(28)17-5-1-15(2-6-17)19-9-11-21(25-13-19)22-12-10-20(14-26-22)16-3-7-18(8-4-16)24(29)30/h1-14H,(H,27,28)(H,29,30). The van der Waals surface area contributed by atoms with Crippen LogP contribution < -0.4 is 0 Å². The van der Waals surface area contributed by atoms with Crippen LogP contribution in [0, 0.1) is 0 Å². The number of hydrogen-bond acceptors (Lipinski definition) is 4. The molecule has 4 aromatic rings. The Morgan fingerprint density at radius 2 is 0.833 bits per heavy atom. The second kappa shape index (κ2) is 7.97. The first-order chi connectivity index (χ1) is 14.5. The Labute approximate surface area is 172 Å². The van der Waals surface area contributed by atoms with E-state index in [2.05, 4.69) is 9.97 Å². The topological polar surface area (TPSA) is 100 Å². The third-order valence-corrected chi connectivity index (χ3v) is 4.72. The average Bonchev–Trinajstić information content (AvgIpc) is 2.79. The highest BCUT2D eigenvalue weighted by Crippen LogP contribution is 2.24. The van der Waals surface area contributed by atoms with E-state index in [-0.39, 0.29) is 11.1 Å². The van der Waals surface area contributed by atoms with Gasteiger partial charge in [-0.05, 0) is 47.5 Å². The van der Waals surface area contributed by atoms with Crippen molar-refractivity contribution in [2.45, 2.75) is 0 Å². The molecule has 0 unspecified atom stereocenters. The Kier molecular flexibility index (Phi) is 5.05. The van der Waals surface area contributed by atoms with Crippen molar-refractivity contribution in [2.24, 2.45) is 0 Å². The molecule has 0 radical (unpaired) electrons. The van der Waals surface area contributed by atoms with Crippen molar-refractivity contribution in [3.05, 3.63) is 96.3 Å². The molecule has 0 amide bonds. The minimum Gasteiger partial charge on any atom is -0.478 e. The largest absolute Gasteiger partial charge is 0.478 e. The molecule has 146 valence electrons. The summed E-state index contributed by atoms with van der Waals surface area (Å²) < 4.78 is 0. The average molecular weight is 396 g/mol. The number of hydrogen-bond donors (Lipinski definition) is 2. The van der Waals surface area contributed by atoms with Gasteiger partial charge >= 0.3 is 11.9 Å². The number of benzene rings is 2. The van der Waals surface area contributed by atoms with Gasteiger partial charge in [0.1, 0.15) is 0 Å². The van der Waals surface area contributed by atoms with E-state index in [0.717, 1.165) is 22.3 Å². The second-order valence-electron chi connectivity index (χ2n) is 6.63. The van der Waals surface area contributed by atoms with Gasteiger partial charge in [0.15, 0.2) is 0 Å². The predicted molar refractivity (Wildman–Crippen MR) is 112 cm³/mol. The van der Waals surface area contributed by atoms with Gasteiger partial charge in [-0.2, -0.15) is 0 Å². The predicted octanol–water partition coefficient (Wildman–Crippen LogP) is 4.87. The Hall–Kier alpha value is -4.32. The van der Waals surface area contributed by atoms with Crippen molar-refractivity contribution < 1.29 is 19.8 Å². The Bertz CT molecular complexity index is 1100. The maximum Gasteiger partial charge on any atom is 0.335 e. The number of carboxylic acids is 2. The summed E-state index contributed by atoms with van der Waals surface area (Å²) in [7, 11) is 0. The highest BCUT2D eigenvalue weighted by atomic mass is 16.4. The Morgan fingerprint density at radius 1 is 0.500 bits per heavy atom. The smallest absolute Gasteiger partial charge is 0.335 e. The van der Waals surface area contributed by atoms with Gasteiger partial charge in [0.25, 0.3) is 0 Å². The fraction of sp³-hybridized carbons (Fsp3) is 0. The van der Waals surface area contributed by atoms with Crippen LogP contribution in [0.2, 0.25) is 0 Å². The van der Waals surface area contributed by atoms with Gasteiger partial charge in [0.2, 0.25) is 0 Å². The third kappa shape index (κ3) is 3.93. The summed E-state index contributed by atoms with van der Waals surface area (Å²) in [5, 5.41) is 18.0. The van der Waals surface area contributed by atoms with Gasteiger partial charge in [-0.15, -0.1) is 0 Å². The lowest BCUT2D eigenvalue weighted by Crippen LogP contribution is -1.95. The fourth-order valence-corrected chi connectivity index (χ4v) is 3.04. The van der Waals surface area contributed by atoms with Gasteiger partial charge in [0, 0.05) is 23.5 Å². The number of carbonyl (C=O) groups is 2. The van der Waals surface area contributed by atoms with Crippen LogP contribution in [-0.2, 0) is 0 Å². The molecule has 0 aliphatic heterocycles. The molecule has 0 aliphatic carbocycles. The first-order valence-corrected chi connectivity index (χ1v) is 9.11. The lowest BCUT2D eigenvalue weighted by Gasteiger charge is -2.06. The summed E-state index contributed by atoms with van der Waals surface area (Å²) in [5.41, 5.74) is 5.44. The van der Waals surface area contributed by atoms with Gasteiger partial charge in [-0.1, -0.05) is 36.4 Å². The number of aromatic nitrogens is 2. The zero-order valence-electron chi connectivity index (χ0n) is 15.7. The van der Waals surface area contributed by atoms with Crippen molar-refractivity contribution in [3.8, 4) is 33.6 Å². The molecule has 6 nitrogen and oxygen atoms in total. The summed E-state index contributed by atoms with van der Waals surface area (Å²) in [4.78, 5) is 30.9. The zero-order chi connectivity index (χ0) is 21.1. The van der Waals surface area contributed by atoms with E-state index < -0.39 is 11.9 Å². The highest BCUT2D eigenvalue weighted by molar-refractivity contribution is 5.89. The van der Waals surface area contributed by atoms with Crippen LogP contribution in [-0.4, -0.2) is 32.1 Å². The fourth-order valence-electron chi connectivity index (χ4n) is 3.04. The van der Waals surface area contributed by atoms with Crippen molar-refractivity contribution in [1.29, 1.82) is 0 Å². The summed E-state index contributed by atoms with van der Waals surface area (Å²) in [6.07, 6.45) is 3.46. The highest BCUT2D eigenvalue weighted by Gasteiger charge is 2.07. The summed E-state index contributed by atoms with van der Waals surface area (Å²) >= 11 is 0. The molecule has 0 atom stereocenters. The number of pyridine rings is 2. The van der Waals surface area contributed by atoms with Crippen LogP contribution >= 0.6 is 0 Å². The molecule has 2 aromatic heterocycles. The van der Waals surface area contributed by atoms with Crippen LogP contribution in [0.3, 0.4) is 0 Å². The molecule has 6 heteroatoms. The van der Waals surface area contributed by atoms with E-state index in [4.69, 9.17) is 10.2 Å². The van der Waals surface area contributed by atoms with Crippen molar-refractivity contribution in [2.75, 3.05) is 0 Å². The van der Waals surface area contributed by atoms with Crippen LogP contribution in [0.1, 0.15) is 20.7 Å². The second-order valence-corrected chi connectivity index (χ2v) is 6.63. The SMILES string of the molecule is O=C(O)c1ccc(-c2ccc(-c3ccc(-c4ccc(C(=O)O)cc4)cn3)nc2)cc1. The van der Waals surface area contributed by atoms with E-state index in [1.54, 1.807) is 60.9 Å². The van der Waals surface area contributed by atoms with E-state index in [9.17, 15) is 9.59 Å². The molecule has 0 saturated heterocycles. The molecule has 2 N–H and O–H groups in total. The molecule has 30 heavy (non-hydrogen) atoms. The molecule has 0 bridgehead atoms. The van der Waals surface area contributed by atoms with E-state index >= 15 is 0 Å². The molecule has 0 spiro atoms. The molecule has 0 saturated carbocycles. The van der Waals surface area contributed by atoms with E-state index in [1.807, 2.05) is 24.3 Å². The maximum atomic E-state index is 11.0. The van der Waals surface area contributed by atoms with Gasteiger partial charge in [-0.3, -0.25) is 9.97 Å². The number of nitrogens with zero attached hydrogens (tertiary/aromatic N) is 2. The zero-order valence-corrected chi connectivity index (χ0v) is 15.7. The molecular formula is C24H16N2O4. The Balaban J connectivity index is 1.53. The van der Waals surface area contributed by atoms with Crippen molar-refractivity contribution >= 4 is 11.9 Å².